The third-order valence-corrected chi connectivity index (χ3v) is 9.62. The Hall–Kier alpha value is -3.04. The van der Waals surface area contributed by atoms with Crippen LogP contribution in [-0.4, -0.2) is 0 Å². The fraction of sp³-hybridized carbons (Fsp3) is 0.0400. The van der Waals surface area contributed by atoms with Crippen molar-refractivity contribution in [2.75, 3.05) is 0 Å². The van der Waals surface area contributed by atoms with Crippen LogP contribution in [0.5, 0.6) is 0 Å². The Morgan fingerprint density at radius 2 is 0.710 bits per heavy atom. The van der Waals surface area contributed by atoms with Gasteiger partial charge in [-0.1, -0.05) is 54.6 Å². The van der Waals surface area contributed by atoms with Crippen molar-refractivity contribution < 1.29 is 22.0 Å². The molecule has 0 aliphatic carbocycles. The quantitative estimate of drug-likeness (QED) is 0.157. The molecular formula is C25H17F5P+. The second-order valence-electron chi connectivity index (χ2n) is 7.02. The minimum Gasteiger partial charge on any atom is -0.203 e. The van der Waals surface area contributed by atoms with E-state index in [0.29, 0.717) is 0 Å². The van der Waals surface area contributed by atoms with Crippen LogP contribution in [-0.2, 0) is 6.16 Å². The van der Waals surface area contributed by atoms with Crippen molar-refractivity contribution in [2.45, 2.75) is 6.16 Å². The number of halogens is 5. The molecule has 0 N–H and O–H groups in total. The SMILES string of the molecule is Fc1c(F)c(F)c(C[P+](c2ccccc2)(c2ccccc2)c2ccccc2)c(F)c1F. The van der Waals surface area contributed by atoms with Gasteiger partial charge >= 0.3 is 0 Å². The maximum absolute atomic E-state index is 14.8. The maximum Gasteiger partial charge on any atom is 0.200 e. The Balaban J connectivity index is 2.08. The first kappa shape index (κ1) is 21.2. The number of benzene rings is 4. The molecule has 4 aromatic carbocycles. The molecule has 4 aromatic rings. The summed E-state index contributed by atoms with van der Waals surface area (Å²) in [5.74, 6) is -9.59. The molecule has 0 aliphatic heterocycles. The van der Waals surface area contributed by atoms with E-state index in [1.165, 1.54) is 0 Å². The average Bonchev–Trinajstić information content (AvgIpc) is 2.83. The van der Waals surface area contributed by atoms with Crippen LogP contribution in [0.25, 0.3) is 0 Å². The summed E-state index contributed by atoms with van der Waals surface area (Å²) in [6.07, 6.45) is -0.350. The lowest BCUT2D eigenvalue weighted by Crippen LogP contribution is -2.33. The largest absolute Gasteiger partial charge is 0.203 e. The van der Waals surface area contributed by atoms with Crippen LogP contribution in [0.15, 0.2) is 91.0 Å². The third kappa shape index (κ3) is 3.64. The predicted molar refractivity (Wildman–Crippen MR) is 115 cm³/mol. The zero-order valence-electron chi connectivity index (χ0n) is 16.2. The van der Waals surface area contributed by atoms with Gasteiger partial charge < -0.3 is 0 Å². The highest BCUT2D eigenvalue weighted by molar-refractivity contribution is 7.95. The lowest BCUT2D eigenvalue weighted by Gasteiger charge is -2.28. The summed E-state index contributed by atoms with van der Waals surface area (Å²) in [4.78, 5) is 0. The summed E-state index contributed by atoms with van der Waals surface area (Å²) in [7, 11) is -2.82. The van der Waals surface area contributed by atoms with Gasteiger partial charge in [-0.25, -0.2) is 22.0 Å². The van der Waals surface area contributed by atoms with E-state index in [1.54, 1.807) is 36.4 Å². The number of hydrogen-bond acceptors (Lipinski definition) is 0. The lowest BCUT2D eigenvalue weighted by atomic mass is 10.2. The van der Waals surface area contributed by atoms with Crippen LogP contribution < -0.4 is 15.9 Å². The molecule has 0 saturated carbocycles. The molecule has 0 spiro atoms. The van der Waals surface area contributed by atoms with Gasteiger partial charge in [-0.3, -0.25) is 0 Å². The first-order valence-electron chi connectivity index (χ1n) is 9.52. The molecular weight excluding hydrogens is 426 g/mol. The van der Waals surface area contributed by atoms with Gasteiger partial charge in [0.1, 0.15) is 29.3 Å². The van der Waals surface area contributed by atoms with E-state index < -0.39 is 41.9 Å². The van der Waals surface area contributed by atoms with E-state index >= 15 is 0 Å². The highest BCUT2D eigenvalue weighted by Gasteiger charge is 2.47. The minimum atomic E-state index is -2.82. The summed E-state index contributed by atoms with van der Waals surface area (Å²) >= 11 is 0. The summed E-state index contributed by atoms with van der Waals surface area (Å²) in [6.45, 7) is 0. The summed E-state index contributed by atoms with van der Waals surface area (Å²) < 4.78 is 71.3. The monoisotopic (exact) mass is 443 g/mol. The molecule has 4 rings (SSSR count). The van der Waals surface area contributed by atoms with Crippen molar-refractivity contribution in [2.24, 2.45) is 0 Å². The fourth-order valence-corrected chi connectivity index (χ4v) is 8.03. The highest BCUT2D eigenvalue weighted by Crippen LogP contribution is 2.58. The van der Waals surface area contributed by atoms with Gasteiger partial charge in [0, 0.05) is 0 Å². The van der Waals surface area contributed by atoms with Crippen molar-refractivity contribution >= 4 is 23.2 Å². The topological polar surface area (TPSA) is 0 Å². The van der Waals surface area contributed by atoms with Crippen molar-refractivity contribution in [3.05, 3.63) is 126 Å². The number of rotatable bonds is 5. The van der Waals surface area contributed by atoms with Gasteiger partial charge in [0.25, 0.3) is 0 Å². The van der Waals surface area contributed by atoms with Gasteiger partial charge in [-0.05, 0) is 36.4 Å². The Morgan fingerprint density at radius 3 is 1.03 bits per heavy atom. The molecule has 0 atom stereocenters. The Labute approximate surface area is 177 Å². The van der Waals surface area contributed by atoms with Gasteiger partial charge in [0.2, 0.25) is 5.82 Å². The average molecular weight is 443 g/mol. The van der Waals surface area contributed by atoms with Crippen LogP contribution >= 0.6 is 7.26 Å². The standard InChI is InChI=1S/C25H17F5P/c26-21-20(22(27)24(29)25(30)23(21)28)16-31(17-10-4-1-5-11-17,18-12-6-2-7-13-18)19-14-8-3-9-15-19/h1-15H,16H2/q+1. The molecule has 0 amide bonds. The molecule has 0 radical (unpaired) electrons. The van der Waals surface area contributed by atoms with Crippen molar-refractivity contribution in [1.82, 2.24) is 0 Å². The van der Waals surface area contributed by atoms with E-state index in [0.717, 1.165) is 15.9 Å². The van der Waals surface area contributed by atoms with Gasteiger partial charge in [0.15, 0.2) is 23.3 Å². The minimum absolute atomic E-state index is 0.350. The highest BCUT2D eigenvalue weighted by atomic mass is 31.2. The lowest BCUT2D eigenvalue weighted by molar-refractivity contribution is 0.372. The zero-order valence-corrected chi connectivity index (χ0v) is 17.1. The Kier molecular flexibility index (Phi) is 5.88. The smallest absolute Gasteiger partial charge is 0.200 e. The molecule has 0 aromatic heterocycles. The van der Waals surface area contributed by atoms with Gasteiger partial charge in [-0.2, -0.15) is 0 Å². The Morgan fingerprint density at radius 1 is 0.419 bits per heavy atom. The van der Waals surface area contributed by atoms with Crippen molar-refractivity contribution in [1.29, 1.82) is 0 Å². The van der Waals surface area contributed by atoms with Crippen LogP contribution in [0.4, 0.5) is 22.0 Å². The molecule has 0 fully saturated rings. The Bertz CT molecular complexity index is 1070. The third-order valence-electron chi connectivity index (χ3n) is 5.29. The number of hydrogen-bond donors (Lipinski definition) is 0. The fourth-order valence-electron chi connectivity index (χ4n) is 3.79. The van der Waals surface area contributed by atoms with Crippen LogP contribution in [0.3, 0.4) is 0 Å². The second kappa shape index (κ2) is 8.60. The zero-order chi connectivity index (χ0) is 22.0. The molecule has 0 unspecified atom stereocenters. The molecule has 0 aliphatic rings. The molecule has 0 bridgehead atoms. The van der Waals surface area contributed by atoms with Gasteiger partial charge in [-0.15, -0.1) is 0 Å². The van der Waals surface area contributed by atoms with E-state index in [4.69, 9.17) is 0 Å². The van der Waals surface area contributed by atoms with Crippen molar-refractivity contribution in [3.63, 3.8) is 0 Å². The van der Waals surface area contributed by atoms with E-state index in [9.17, 15) is 22.0 Å². The summed E-state index contributed by atoms with van der Waals surface area (Å²) in [5.41, 5.74) is -0.804. The maximum atomic E-state index is 14.8. The van der Waals surface area contributed by atoms with E-state index in [1.807, 2.05) is 54.6 Å². The first-order valence-corrected chi connectivity index (χ1v) is 11.5. The van der Waals surface area contributed by atoms with E-state index in [2.05, 4.69) is 0 Å². The van der Waals surface area contributed by atoms with Crippen LogP contribution in [0, 0.1) is 29.1 Å². The first-order chi connectivity index (χ1) is 15.0. The summed E-state index contributed by atoms with van der Waals surface area (Å²) in [6, 6.07) is 27.2. The normalized spacial score (nSPS) is 11.5. The summed E-state index contributed by atoms with van der Waals surface area (Å²) in [5, 5.41) is 2.32. The van der Waals surface area contributed by atoms with Crippen molar-refractivity contribution in [3.8, 4) is 0 Å². The van der Waals surface area contributed by atoms with Crippen LogP contribution in [0.1, 0.15) is 5.56 Å². The van der Waals surface area contributed by atoms with Crippen LogP contribution in [0.2, 0.25) is 0 Å². The molecule has 0 saturated heterocycles. The molecule has 0 nitrogen and oxygen atoms in total. The predicted octanol–water partition coefficient (Wildman–Crippen LogP) is 5.88. The molecule has 6 heteroatoms. The molecule has 31 heavy (non-hydrogen) atoms. The molecule has 156 valence electrons. The van der Waals surface area contributed by atoms with Gasteiger partial charge in [0.05, 0.1) is 5.56 Å². The second-order valence-corrected chi connectivity index (χ2v) is 10.5. The van der Waals surface area contributed by atoms with E-state index in [-0.39, 0.29) is 6.16 Å². The molecule has 0 heterocycles.